The van der Waals surface area contributed by atoms with Gasteiger partial charge in [-0.25, -0.2) is 0 Å². The van der Waals surface area contributed by atoms with Crippen molar-refractivity contribution in [2.45, 2.75) is 92.6 Å². The molecule has 0 radical (unpaired) electrons. The van der Waals surface area contributed by atoms with Crippen LogP contribution in [0.5, 0.6) is 5.75 Å². The zero-order valence-electron chi connectivity index (χ0n) is 24.2. The third-order valence-corrected chi connectivity index (χ3v) is 10.2. The SMILES string of the molecule is CCC(C)CCCc1ccc(O)c2c1C[C@]1(C)C[C@]3(C)C(C(C)C)C(=O)C(C(C)=O)C(=O)[C@]3(O)C(=O)C1C2=O. The molecular weight excluding hydrogens is 496 g/mol. The highest BCUT2D eigenvalue weighted by molar-refractivity contribution is 6.32. The summed E-state index contributed by atoms with van der Waals surface area (Å²) in [6.07, 6.45) is 4.12. The van der Waals surface area contributed by atoms with Gasteiger partial charge in [0.2, 0.25) is 0 Å². The third-order valence-electron chi connectivity index (χ3n) is 10.2. The van der Waals surface area contributed by atoms with Gasteiger partial charge in [0.25, 0.3) is 0 Å². The van der Waals surface area contributed by atoms with E-state index in [-0.39, 0.29) is 23.7 Å². The van der Waals surface area contributed by atoms with Gasteiger partial charge in [-0.1, -0.05) is 60.5 Å². The van der Waals surface area contributed by atoms with E-state index in [0.29, 0.717) is 17.9 Å². The van der Waals surface area contributed by atoms with Gasteiger partial charge in [0.15, 0.2) is 28.7 Å². The average Bonchev–Trinajstić information content (AvgIpc) is 2.82. The van der Waals surface area contributed by atoms with Crippen molar-refractivity contribution in [3.05, 3.63) is 28.8 Å². The minimum atomic E-state index is -2.66. The summed E-state index contributed by atoms with van der Waals surface area (Å²) < 4.78 is 0. The van der Waals surface area contributed by atoms with Crippen molar-refractivity contribution in [3.8, 4) is 5.75 Å². The molecule has 2 N–H and O–H groups in total. The van der Waals surface area contributed by atoms with E-state index in [1.165, 1.54) is 6.07 Å². The van der Waals surface area contributed by atoms with Crippen LogP contribution in [0, 0.1) is 40.4 Å². The molecule has 0 amide bonds. The summed E-state index contributed by atoms with van der Waals surface area (Å²) in [6.45, 7) is 12.5. The number of phenols is 1. The Morgan fingerprint density at radius 1 is 1.08 bits per heavy atom. The number of ketones is 5. The van der Waals surface area contributed by atoms with Gasteiger partial charge in [-0.3, -0.25) is 24.0 Å². The summed E-state index contributed by atoms with van der Waals surface area (Å²) in [6, 6.07) is 3.32. The zero-order chi connectivity index (χ0) is 29.2. The van der Waals surface area contributed by atoms with Gasteiger partial charge in [0.05, 0.1) is 11.5 Å². The molecule has 0 aromatic heterocycles. The van der Waals surface area contributed by atoms with E-state index < -0.39 is 63.1 Å². The molecule has 3 aliphatic carbocycles. The molecule has 4 unspecified atom stereocenters. The maximum absolute atomic E-state index is 14.3. The van der Waals surface area contributed by atoms with Crippen LogP contribution < -0.4 is 0 Å². The Hall–Kier alpha value is -2.67. The van der Waals surface area contributed by atoms with Crippen LogP contribution >= 0.6 is 0 Å². The van der Waals surface area contributed by atoms with E-state index in [9.17, 15) is 34.2 Å². The second-order valence-corrected chi connectivity index (χ2v) is 13.3. The van der Waals surface area contributed by atoms with Gasteiger partial charge < -0.3 is 10.2 Å². The first kappa shape index (κ1) is 29.3. The highest BCUT2D eigenvalue weighted by atomic mass is 16.3. The Morgan fingerprint density at radius 2 is 1.72 bits per heavy atom. The fraction of sp³-hybridized carbons (Fsp3) is 0.656. The molecule has 2 fully saturated rings. The van der Waals surface area contributed by atoms with Crippen LogP contribution in [-0.4, -0.2) is 44.7 Å². The Balaban J connectivity index is 1.87. The Labute approximate surface area is 230 Å². The fourth-order valence-electron chi connectivity index (χ4n) is 8.28. The van der Waals surface area contributed by atoms with Crippen molar-refractivity contribution in [1.82, 2.24) is 0 Å². The summed E-state index contributed by atoms with van der Waals surface area (Å²) in [4.78, 5) is 68.1. The second kappa shape index (κ2) is 9.76. The van der Waals surface area contributed by atoms with Gasteiger partial charge in [0, 0.05) is 11.3 Å². The van der Waals surface area contributed by atoms with Crippen molar-refractivity contribution in [3.63, 3.8) is 0 Å². The fourth-order valence-corrected chi connectivity index (χ4v) is 8.28. The van der Waals surface area contributed by atoms with Crippen LogP contribution in [0.15, 0.2) is 12.1 Å². The molecule has 1 aromatic carbocycles. The standard InChI is InChI=1S/C32H42O7/c1-8-17(4)10-9-11-19-12-13-21(34)23-20(19)14-30(6)15-31(7)24(16(2)3)26(35)22(18(5)33)28(37)32(31,39)29(38)25(30)27(23)36/h12-13,16-17,22,24-25,34,39H,8-11,14-15H2,1-7H3/t17?,22?,24?,25?,30-,31-,32+/m1/s1. The monoisotopic (exact) mass is 538 g/mol. The number of carbonyl (C=O) groups excluding carboxylic acids is 5. The molecular formula is C32H42O7. The number of aliphatic hydroxyl groups is 1. The number of carbonyl (C=O) groups is 5. The molecule has 7 nitrogen and oxygen atoms in total. The predicted octanol–water partition coefficient (Wildman–Crippen LogP) is 4.46. The van der Waals surface area contributed by atoms with Gasteiger partial charge in [-0.15, -0.1) is 0 Å². The Morgan fingerprint density at radius 3 is 2.28 bits per heavy atom. The number of aromatic hydroxyl groups is 1. The number of Topliss-reactive ketones (excluding diaryl/α,β-unsaturated/α-hetero) is 5. The highest BCUT2D eigenvalue weighted by Gasteiger charge is 2.76. The minimum Gasteiger partial charge on any atom is -0.507 e. The molecule has 4 rings (SSSR count). The first-order chi connectivity index (χ1) is 18.1. The maximum atomic E-state index is 14.3. The summed E-state index contributed by atoms with van der Waals surface area (Å²) >= 11 is 0. The van der Waals surface area contributed by atoms with Crippen LogP contribution in [0.4, 0.5) is 0 Å². The van der Waals surface area contributed by atoms with Crippen molar-refractivity contribution in [2.75, 3.05) is 0 Å². The molecule has 3 aliphatic rings. The van der Waals surface area contributed by atoms with Gasteiger partial charge in [0.1, 0.15) is 17.5 Å². The molecule has 7 heteroatoms. The summed E-state index contributed by atoms with van der Waals surface area (Å²) in [5, 5.41) is 22.8. The number of phenolic OH excluding ortho intramolecular Hbond substituents is 1. The highest BCUT2D eigenvalue weighted by Crippen LogP contribution is 2.63. The van der Waals surface area contributed by atoms with Gasteiger partial charge >= 0.3 is 0 Å². The summed E-state index contributed by atoms with van der Waals surface area (Å²) in [7, 11) is 0. The quantitative estimate of drug-likeness (QED) is 0.491. The van der Waals surface area contributed by atoms with Crippen molar-refractivity contribution in [2.24, 2.45) is 40.4 Å². The van der Waals surface area contributed by atoms with Crippen LogP contribution in [0.3, 0.4) is 0 Å². The molecule has 2 saturated carbocycles. The van der Waals surface area contributed by atoms with E-state index in [1.807, 2.05) is 13.0 Å². The molecule has 39 heavy (non-hydrogen) atoms. The molecule has 212 valence electrons. The van der Waals surface area contributed by atoms with Crippen LogP contribution in [0.1, 0.15) is 95.6 Å². The van der Waals surface area contributed by atoms with E-state index in [1.54, 1.807) is 20.8 Å². The molecule has 7 atom stereocenters. The molecule has 0 bridgehead atoms. The van der Waals surface area contributed by atoms with E-state index in [4.69, 9.17) is 0 Å². The molecule has 0 heterocycles. The molecule has 0 spiro atoms. The van der Waals surface area contributed by atoms with Gasteiger partial charge in [-0.2, -0.15) is 0 Å². The largest absolute Gasteiger partial charge is 0.507 e. The number of fused-ring (bicyclic) bond motifs is 3. The van der Waals surface area contributed by atoms with Crippen LogP contribution in [0.2, 0.25) is 0 Å². The van der Waals surface area contributed by atoms with E-state index in [0.717, 1.165) is 38.2 Å². The zero-order valence-corrected chi connectivity index (χ0v) is 24.2. The minimum absolute atomic E-state index is 0.0744. The third kappa shape index (κ3) is 4.06. The number of rotatable bonds is 7. The summed E-state index contributed by atoms with van der Waals surface area (Å²) in [5.41, 5.74) is -3.39. The van der Waals surface area contributed by atoms with Crippen LogP contribution in [0.25, 0.3) is 0 Å². The number of aryl methyl sites for hydroxylation is 1. The first-order valence-electron chi connectivity index (χ1n) is 14.3. The average molecular weight is 539 g/mol. The lowest BCUT2D eigenvalue weighted by molar-refractivity contribution is -0.205. The number of hydrogen-bond donors (Lipinski definition) is 2. The lowest BCUT2D eigenvalue weighted by Crippen LogP contribution is -2.76. The number of benzene rings is 1. The molecule has 0 saturated heterocycles. The lowest BCUT2D eigenvalue weighted by atomic mass is 9.40. The van der Waals surface area contributed by atoms with E-state index >= 15 is 0 Å². The van der Waals surface area contributed by atoms with Crippen molar-refractivity contribution >= 4 is 28.9 Å². The summed E-state index contributed by atoms with van der Waals surface area (Å²) in [5.74, 6) is -7.99. The second-order valence-electron chi connectivity index (χ2n) is 13.3. The topological polar surface area (TPSA) is 126 Å². The van der Waals surface area contributed by atoms with Crippen molar-refractivity contribution < 1.29 is 34.2 Å². The predicted molar refractivity (Wildman–Crippen MR) is 145 cm³/mol. The maximum Gasteiger partial charge on any atom is 0.190 e. The normalized spacial score (nSPS) is 34.9. The van der Waals surface area contributed by atoms with Gasteiger partial charge in [-0.05, 0) is 67.1 Å². The first-order valence-corrected chi connectivity index (χ1v) is 14.3. The Bertz CT molecular complexity index is 1260. The van der Waals surface area contributed by atoms with Crippen molar-refractivity contribution in [1.29, 1.82) is 0 Å². The molecule has 1 aromatic rings. The smallest absolute Gasteiger partial charge is 0.190 e. The molecule has 0 aliphatic heterocycles. The lowest BCUT2D eigenvalue weighted by Gasteiger charge is -2.61. The van der Waals surface area contributed by atoms with E-state index in [2.05, 4.69) is 13.8 Å². The number of hydrogen-bond acceptors (Lipinski definition) is 7. The Kier molecular flexibility index (Phi) is 7.33. The van der Waals surface area contributed by atoms with Crippen LogP contribution in [-0.2, 0) is 32.0 Å².